The van der Waals surface area contributed by atoms with Crippen molar-refractivity contribution in [3.8, 4) is 0 Å². The lowest BCUT2D eigenvalue weighted by atomic mass is 9.88. The minimum Gasteiger partial charge on any atom is -0.457 e. The van der Waals surface area contributed by atoms with Gasteiger partial charge in [-0.15, -0.1) is 0 Å². The molecule has 5 heteroatoms. The van der Waals surface area contributed by atoms with Gasteiger partial charge < -0.3 is 20.1 Å². The van der Waals surface area contributed by atoms with Crippen molar-refractivity contribution in [2.24, 2.45) is 0 Å². The van der Waals surface area contributed by atoms with Gasteiger partial charge in [-0.05, 0) is 33.6 Å². The molecule has 0 radical (unpaired) electrons. The van der Waals surface area contributed by atoms with Crippen molar-refractivity contribution in [3.05, 3.63) is 0 Å². The Hall–Kier alpha value is -0.650. The molecule has 0 unspecified atom stereocenters. The van der Waals surface area contributed by atoms with Crippen LogP contribution < -0.4 is 0 Å². The second-order valence-corrected chi connectivity index (χ2v) is 5.21. The molecule has 1 heterocycles. The fourth-order valence-corrected chi connectivity index (χ4v) is 1.74. The minimum atomic E-state index is -1.19. The van der Waals surface area contributed by atoms with Crippen LogP contribution in [0.5, 0.6) is 0 Å². The van der Waals surface area contributed by atoms with Gasteiger partial charge in [-0.2, -0.15) is 0 Å². The normalized spacial score (nSPS) is 32.6. The molecule has 94 valence electrons. The number of hydrogen-bond acceptors (Lipinski definition) is 5. The van der Waals surface area contributed by atoms with E-state index < -0.39 is 29.4 Å². The number of cyclic esters (lactones) is 1. The SMILES string of the molecule is CC(C)(O)[C@@H](O)CC[C@@]1(C)OC(=O)C[C@@H]1O. The highest BCUT2D eigenvalue weighted by Crippen LogP contribution is 2.32. The standard InChI is InChI=1S/C11H20O5/c1-10(2,15)7(12)4-5-11(3)8(13)6-9(14)16-11/h7-8,12-13,15H,4-6H2,1-3H3/t7-,8-,11+/m0/s1. The first-order valence-corrected chi connectivity index (χ1v) is 5.45. The molecular formula is C11H20O5. The van der Waals surface area contributed by atoms with Gasteiger partial charge in [0.05, 0.1) is 18.1 Å². The average molecular weight is 232 g/mol. The van der Waals surface area contributed by atoms with E-state index in [0.717, 1.165) is 0 Å². The maximum Gasteiger partial charge on any atom is 0.309 e. The van der Waals surface area contributed by atoms with Gasteiger partial charge in [0.25, 0.3) is 0 Å². The van der Waals surface area contributed by atoms with E-state index >= 15 is 0 Å². The van der Waals surface area contributed by atoms with E-state index in [2.05, 4.69) is 0 Å². The average Bonchev–Trinajstić information content (AvgIpc) is 2.35. The first-order chi connectivity index (χ1) is 7.15. The van der Waals surface area contributed by atoms with E-state index in [9.17, 15) is 20.1 Å². The van der Waals surface area contributed by atoms with Crippen molar-refractivity contribution in [1.82, 2.24) is 0 Å². The topological polar surface area (TPSA) is 87.0 Å². The van der Waals surface area contributed by atoms with Crippen LogP contribution in [0.25, 0.3) is 0 Å². The summed E-state index contributed by atoms with van der Waals surface area (Å²) in [5.41, 5.74) is -2.13. The van der Waals surface area contributed by atoms with Gasteiger partial charge in [0.2, 0.25) is 0 Å². The minimum absolute atomic E-state index is 0.00485. The molecule has 0 spiro atoms. The maximum atomic E-state index is 11.0. The summed E-state index contributed by atoms with van der Waals surface area (Å²) in [7, 11) is 0. The fourth-order valence-electron chi connectivity index (χ4n) is 1.74. The van der Waals surface area contributed by atoms with Crippen LogP contribution in [-0.2, 0) is 9.53 Å². The molecule has 1 rings (SSSR count). The van der Waals surface area contributed by atoms with Crippen molar-refractivity contribution in [1.29, 1.82) is 0 Å². The third-order valence-electron chi connectivity index (χ3n) is 3.14. The Balaban J connectivity index is 2.52. The summed E-state index contributed by atoms with van der Waals surface area (Å²) in [6.07, 6.45) is -1.16. The lowest BCUT2D eigenvalue weighted by Gasteiger charge is -2.30. The number of carbonyl (C=O) groups is 1. The van der Waals surface area contributed by atoms with Gasteiger partial charge in [-0.3, -0.25) is 4.79 Å². The molecule has 0 amide bonds. The van der Waals surface area contributed by atoms with Crippen molar-refractivity contribution in [2.45, 2.75) is 63.4 Å². The largest absolute Gasteiger partial charge is 0.457 e. The van der Waals surface area contributed by atoms with Crippen LogP contribution in [0.2, 0.25) is 0 Å². The maximum absolute atomic E-state index is 11.0. The van der Waals surface area contributed by atoms with Crippen LogP contribution in [0, 0.1) is 0 Å². The Morgan fingerprint density at radius 1 is 1.62 bits per heavy atom. The van der Waals surface area contributed by atoms with Crippen molar-refractivity contribution in [2.75, 3.05) is 0 Å². The summed E-state index contributed by atoms with van der Waals surface area (Å²) in [5, 5.41) is 28.8. The number of rotatable bonds is 4. The Kier molecular flexibility index (Phi) is 3.62. The monoisotopic (exact) mass is 232 g/mol. The van der Waals surface area contributed by atoms with Gasteiger partial charge in [0, 0.05) is 0 Å². The van der Waals surface area contributed by atoms with E-state index in [-0.39, 0.29) is 12.8 Å². The first-order valence-electron chi connectivity index (χ1n) is 5.45. The lowest BCUT2D eigenvalue weighted by molar-refractivity contribution is -0.151. The number of aliphatic hydroxyl groups excluding tert-OH is 2. The van der Waals surface area contributed by atoms with Crippen molar-refractivity contribution < 1.29 is 24.9 Å². The summed E-state index contributed by atoms with van der Waals surface area (Å²) in [5.74, 6) is -0.423. The summed E-state index contributed by atoms with van der Waals surface area (Å²) < 4.78 is 5.04. The van der Waals surface area contributed by atoms with Crippen LogP contribution in [0.1, 0.15) is 40.0 Å². The summed E-state index contributed by atoms with van der Waals surface area (Å²) in [4.78, 5) is 11.0. The lowest BCUT2D eigenvalue weighted by Crippen LogP contribution is -2.41. The number of carbonyl (C=O) groups excluding carboxylic acids is 1. The molecular weight excluding hydrogens is 212 g/mol. The highest BCUT2D eigenvalue weighted by molar-refractivity contribution is 5.73. The molecule has 1 fully saturated rings. The smallest absolute Gasteiger partial charge is 0.309 e. The molecule has 0 aromatic heterocycles. The molecule has 1 saturated heterocycles. The predicted molar refractivity (Wildman–Crippen MR) is 56.7 cm³/mol. The van der Waals surface area contributed by atoms with E-state index in [0.29, 0.717) is 6.42 Å². The molecule has 1 aliphatic heterocycles. The first kappa shape index (κ1) is 13.4. The summed E-state index contributed by atoms with van der Waals surface area (Å²) >= 11 is 0. The molecule has 0 aliphatic carbocycles. The third kappa shape index (κ3) is 2.93. The molecule has 5 nitrogen and oxygen atoms in total. The second kappa shape index (κ2) is 4.31. The predicted octanol–water partition coefficient (Wildman–Crippen LogP) is -0.0351. The molecule has 0 saturated carbocycles. The van der Waals surface area contributed by atoms with Gasteiger partial charge in [-0.1, -0.05) is 0 Å². The zero-order chi connectivity index (χ0) is 12.6. The van der Waals surface area contributed by atoms with Crippen LogP contribution in [0.15, 0.2) is 0 Å². The van der Waals surface area contributed by atoms with Gasteiger partial charge in [0.1, 0.15) is 11.7 Å². The van der Waals surface area contributed by atoms with Gasteiger partial charge in [-0.25, -0.2) is 0 Å². The summed E-state index contributed by atoms with van der Waals surface area (Å²) in [6, 6.07) is 0. The number of hydrogen-bond donors (Lipinski definition) is 3. The van der Waals surface area contributed by atoms with E-state index in [4.69, 9.17) is 4.74 Å². The molecule has 16 heavy (non-hydrogen) atoms. The highest BCUT2D eigenvalue weighted by Gasteiger charge is 2.45. The summed E-state index contributed by atoms with van der Waals surface area (Å²) in [6.45, 7) is 4.66. The number of esters is 1. The van der Waals surface area contributed by atoms with Crippen LogP contribution in [-0.4, -0.2) is 44.7 Å². The fraction of sp³-hybridized carbons (Fsp3) is 0.909. The number of aliphatic hydroxyl groups is 3. The zero-order valence-electron chi connectivity index (χ0n) is 9.93. The van der Waals surface area contributed by atoms with E-state index in [1.165, 1.54) is 13.8 Å². The Labute approximate surface area is 95.0 Å². The van der Waals surface area contributed by atoms with Crippen molar-refractivity contribution >= 4 is 5.97 Å². The third-order valence-corrected chi connectivity index (χ3v) is 3.14. The van der Waals surface area contributed by atoms with E-state index in [1.54, 1.807) is 6.92 Å². The van der Waals surface area contributed by atoms with E-state index in [1.807, 2.05) is 0 Å². The Morgan fingerprint density at radius 3 is 2.56 bits per heavy atom. The molecule has 0 bridgehead atoms. The van der Waals surface area contributed by atoms with Crippen molar-refractivity contribution in [3.63, 3.8) is 0 Å². The highest BCUT2D eigenvalue weighted by atomic mass is 16.6. The molecule has 0 aromatic carbocycles. The second-order valence-electron chi connectivity index (χ2n) is 5.21. The Bertz CT molecular complexity index is 270. The molecule has 3 atom stereocenters. The van der Waals surface area contributed by atoms with Crippen LogP contribution in [0.4, 0.5) is 0 Å². The molecule has 3 N–H and O–H groups in total. The zero-order valence-corrected chi connectivity index (χ0v) is 9.93. The van der Waals surface area contributed by atoms with Crippen LogP contribution in [0.3, 0.4) is 0 Å². The number of ether oxygens (including phenoxy) is 1. The van der Waals surface area contributed by atoms with Gasteiger partial charge >= 0.3 is 5.97 Å². The Morgan fingerprint density at radius 2 is 2.19 bits per heavy atom. The molecule has 1 aliphatic rings. The molecule has 0 aromatic rings. The quantitative estimate of drug-likeness (QED) is 0.592. The van der Waals surface area contributed by atoms with Gasteiger partial charge in [0.15, 0.2) is 0 Å². The van der Waals surface area contributed by atoms with Crippen LogP contribution >= 0.6 is 0 Å².